The summed E-state index contributed by atoms with van der Waals surface area (Å²) in [4.78, 5) is 11.8. The number of aryl methyl sites for hydroxylation is 1. The fourth-order valence-corrected chi connectivity index (χ4v) is 1.77. The molecule has 0 aliphatic rings. The van der Waals surface area contributed by atoms with Crippen LogP contribution in [0.25, 0.3) is 0 Å². The highest BCUT2D eigenvalue weighted by atomic mass is 32.2. The second-order valence-corrected chi connectivity index (χ2v) is 5.31. The summed E-state index contributed by atoms with van der Waals surface area (Å²) in [6, 6.07) is 5.80. The van der Waals surface area contributed by atoms with Crippen LogP contribution in [-0.4, -0.2) is 18.1 Å². The Morgan fingerprint density at radius 3 is 2.78 bits per heavy atom. The molecule has 0 unspecified atom stereocenters. The molecule has 1 aromatic rings. The summed E-state index contributed by atoms with van der Waals surface area (Å²) in [5.74, 6) is 0.954. The predicted octanol–water partition coefficient (Wildman–Crippen LogP) is 3.97. The summed E-state index contributed by atoms with van der Waals surface area (Å²) in [7, 11) is 0. The highest BCUT2D eigenvalue weighted by Gasteiger charge is 2.11. The van der Waals surface area contributed by atoms with Gasteiger partial charge in [0.05, 0.1) is 5.56 Å². The monoisotopic (exact) mass is 265 g/mol. The van der Waals surface area contributed by atoms with Gasteiger partial charge in [-0.3, -0.25) is 0 Å². The fourth-order valence-electron chi connectivity index (χ4n) is 1.51. The van der Waals surface area contributed by atoms with Gasteiger partial charge in [0.15, 0.2) is 6.40 Å². The number of hydrogen-bond acceptors (Lipinski definition) is 4. The first kappa shape index (κ1) is 14.8. The smallest absolute Gasteiger partial charge is 0.344 e. The summed E-state index contributed by atoms with van der Waals surface area (Å²) < 4.78 is 8.84. The summed E-state index contributed by atoms with van der Waals surface area (Å²) in [6.07, 6.45) is 1.20. The van der Waals surface area contributed by atoms with Crippen LogP contribution >= 0.6 is 11.9 Å². The number of nitrogens with zero attached hydrogens (tertiary/aromatic N) is 1. The molecule has 0 aliphatic carbocycles. The molecular formula is C14H19NO2S. The number of rotatable bonds is 5. The van der Waals surface area contributed by atoms with Gasteiger partial charge in [-0.2, -0.15) is 4.40 Å². The van der Waals surface area contributed by atoms with Crippen molar-refractivity contribution in [2.75, 3.05) is 5.75 Å². The van der Waals surface area contributed by atoms with E-state index in [4.69, 9.17) is 4.74 Å². The van der Waals surface area contributed by atoms with Crippen molar-refractivity contribution >= 4 is 24.3 Å². The van der Waals surface area contributed by atoms with E-state index in [1.807, 2.05) is 32.0 Å². The lowest BCUT2D eigenvalue weighted by atomic mass is 9.98. The van der Waals surface area contributed by atoms with Crippen molar-refractivity contribution in [2.24, 2.45) is 4.40 Å². The number of carbonyl (C=O) groups excluding carboxylic acids is 1. The summed E-state index contributed by atoms with van der Waals surface area (Å²) in [5.41, 5.74) is 2.74. The van der Waals surface area contributed by atoms with Crippen LogP contribution in [0.4, 0.5) is 0 Å². The molecule has 98 valence electrons. The Labute approximate surface area is 113 Å². The van der Waals surface area contributed by atoms with Crippen molar-refractivity contribution in [3.63, 3.8) is 0 Å². The molecule has 0 aromatic heterocycles. The maximum Gasteiger partial charge on any atom is 0.344 e. The molecule has 0 aliphatic heterocycles. The van der Waals surface area contributed by atoms with Gasteiger partial charge in [0, 0.05) is 5.75 Å². The van der Waals surface area contributed by atoms with Crippen molar-refractivity contribution in [3.05, 3.63) is 34.9 Å². The zero-order chi connectivity index (χ0) is 13.5. The minimum absolute atomic E-state index is 0.358. The van der Waals surface area contributed by atoms with E-state index in [0.717, 1.165) is 11.3 Å². The van der Waals surface area contributed by atoms with E-state index >= 15 is 0 Å². The van der Waals surface area contributed by atoms with Crippen molar-refractivity contribution in [1.29, 1.82) is 0 Å². The Hall–Kier alpha value is -1.29. The zero-order valence-electron chi connectivity index (χ0n) is 11.3. The van der Waals surface area contributed by atoms with Crippen LogP contribution in [0.15, 0.2) is 22.6 Å². The topological polar surface area (TPSA) is 38.7 Å². The van der Waals surface area contributed by atoms with Crippen LogP contribution in [0.2, 0.25) is 0 Å². The van der Waals surface area contributed by atoms with Crippen LogP contribution in [0.1, 0.15) is 48.2 Å². The van der Waals surface area contributed by atoms with Gasteiger partial charge >= 0.3 is 5.97 Å². The van der Waals surface area contributed by atoms with Crippen LogP contribution in [0.5, 0.6) is 0 Å². The lowest BCUT2D eigenvalue weighted by Gasteiger charge is -2.09. The summed E-state index contributed by atoms with van der Waals surface area (Å²) in [5, 5.41) is 0. The SMILES string of the molecule is CCSN=COC(=O)c1ccc(C(C)C)cc1C. The van der Waals surface area contributed by atoms with E-state index in [1.54, 1.807) is 0 Å². The maximum absolute atomic E-state index is 11.8. The second-order valence-electron chi connectivity index (χ2n) is 4.26. The molecule has 0 bridgehead atoms. The Morgan fingerprint density at radius 2 is 2.22 bits per heavy atom. The minimum Gasteiger partial charge on any atom is -0.410 e. The first-order valence-corrected chi connectivity index (χ1v) is 6.95. The van der Waals surface area contributed by atoms with E-state index in [2.05, 4.69) is 18.2 Å². The van der Waals surface area contributed by atoms with E-state index in [1.165, 1.54) is 23.9 Å². The molecule has 0 amide bonds. The first-order valence-electron chi connectivity index (χ1n) is 6.01. The highest BCUT2D eigenvalue weighted by molar-refractivity contribution is 7.98. The second kappa shape index (κ2) is 7.21. The Morgan fingerprint density at radius 1 is 1.50 bits per heavy atom. The van der Waals surface area contributed by atoms with Crippen molar-refractivity contribution in [3.8, 4) is 0 Å². The van der Waals surface area contributed by atoms with Crippen molar-refractivity contribution in [1.82, 2.24) is 0 Å². The molecule has 0 saturated heterocycles. The molecular weight excluding hydrogens is 246 g/mol. The van der Waals surface area contributed by atoms with Gasteiger partial charge < -0.3 is 4.74 Å². The molecule has 1 rings (SSSR count). The molecule has 1 aromatic carbocycles. The molecule has 0 heterocycles. The predicted molar refractivity (Wildman–Crippen MR) is 77.3 cm³/mol. The zero-order valence-corrected chi connectivity index (χ0v) is 12.1. The van der Waals surface area contributed by atoms with Crippen molar-refractivity contribution in [2.45, 2.75) is 33.6 Å². The van der Waals surface area contributed by atoms with E-state index < -0.39 is 0 Å². The summed E-state index contributed by atoms with van der Waals surface area (Å²) in [6.45, 7) is 8.15. The summed E-state index contributed by atoms with van der Waals surface area (Å²) >= 11 is 1.35. The fraction of sp³-hybridized carbons (Fsp3) is 0.429. The Kier molecular flexibility index (Phi) is 5.92. The molecule has 0 atom stereocenters. The highest BCUT2D eigenvalue weighted by Crippen LogP contribution is 2.18. The third-order valence-electron chi connectivity index (χ3n) is 2.54. The van der Waals surface area contributed by atoms with Crippen LogP contribution < -0.4 is 0 Å². The van der Waals surface area contributed by atoms with Crippen LogP contribution in [0.3, 0.4) is 0 Å². The molecule has 0 spiro atoms. The van der Waals surface area contributed by atoms with Gasteiger partial charge in [-0.15, -0.1) is 0 Å². The maximum atomic E-state index is 11.8. The van der Waals surface area contributed by atoms with E-state index in [-0.39, 0.29) is 5.97 Å². The van der Waals surface area contributed by atoms with Gasteiger partial charge in [-0.25, -0.2) is 4.79 Å². The number of ether oxygens (including phenoxy) is 1. The van der Waals surface area contributed by atoms with Gasteiger partial charge in [0.25, 0.3) is 0 Å². The average Bonchev–Trinajstić information content (AvgIpc) is 2.34. The lowest BCUT2D eigenvalue weighted by Crippen LogP contribution is -2.06. The minimum atomic E-state index is -0.358. The normalized spacial score (nSPS) is 11.2. The molecule has 0 fully saturated rings. The largest absolute Gasteiger partial charge is 0.410 e. The Balaban J connectivity index is 2.74. The quantitative estimate of drug-likeness (QED) is 0.350. The van der Waals surface area contributed by atoms with Gasteiger partial charge in [-0.05, 0) is 42.0 Å². The van der Waals surface area contributed by atoms with E-state index in [9.17, 15) is 4.79 Å². The number of esters is 1. The number of benzene rings is 1. The Bertz CT molecular complexity index is 441. The number of hydrogen-bond donors (Lipinski definition) is 0. The molecule has 4 heteroatoms. The average molecular weight is 265 g/mol. The van der Waals surface area contributed by atoms with Gasteiger partial charge in [-0.1, -0.05) is 32.9 Å². The third kappa shape index (κ3) is 4.18. The molecule has 18 heavy (non-hydrogen) atoms. The molecule has 0 saturated carbocycles. The lowest BCUT2D eigenvalue weighted by molar-refractivity contribution is 0.0728. The molecule has 0 radical (unpaired) electrons. The van der Waals surface area contributed by atoms with Crippen LogP contribution in [0, 0.1) is 6.92 Å². The third-order valence-corrected chi connectivity index (χ3v) is 3.04. The standard InChI is InChI=1S/C14H19NO2S/c1-5-18-15-9-17-14(16)13-7-6-12(10(2)3)8-11(13)4/h6-10H,5H2,1-4H3. The van der Waals surface area contributed by atoms with Crippen LogP contribution in [-0.2, 0) is 4.74 Å². The molecule has 0 N–H and O–H groups in total. The first-order chi connectivity index (χ1) is 8.56. The van der Waals surface area contributed by atoms with Gasteiger partial charge in [0.1, 0.15) is 0 Å². The van der Waals surface area contributed by atoms with E-state index in [0.29, 0.717) is 11.5 Å². The number of carbonyl (C=O) groups is 1. The van der Waals surface area contributed by atoms with Gasteiger partial charge in [0.2, 0.25) is 0 Å². The van der Waals surface area contributed by atoms with Crippen molar-refractivity contribution < 1.29 is 9.53 Å². The molecule has 3 nitrogen and oxygen atoms in total.